The maximum atomic E-state index is 3.58. The SMILES string of the molecule is CC1CCN(Cc2ccc(CNC3CC3)s2)C1. The molecule has 2 fully saturated rings. The molecule has 0 bridgehead atoms. The quantitative estimate of drug-likeness (QED) is 0.864. The van der Waals surface area contributed by atoms with E-state index >= 15 is 0 Å². The molecule has 1 aromatic rings. The molecule has 1 N–H and O–H groups in total. The van der Waals surface area contributed by atoms with Crippen LogP contribution in [0.25, 0.3) is 0 Å². The fourth-order valence-electron chi connectivity index (χ4n) is 2.52. The molecule has 1 aromatic heterocycles. The minimum absolute atomic E-state index is 0.819. The van der Waals surface area contributed by atoms with Gasteiger partial charge in [-0.2, -0.15) is 0 Å². The number of nitrogens with zero attached hydrogens (tertiary/aromatic N) is 1. The van der Waals surface area contributed by atoms with Crippen molar-refractivity contribution in [3.05, 3.63) is 21.9 Å². The van der Waals surface area contributed by atoms with E-state index in [1.807, 2.05) is 11.3 Å². The Labute approximate surface area is 108 Å². The summed E-state index contributed by atoms with van der Waals surface area (Å²) < 4.78 is 0. The largest absolute Gasteiger partial charge is 0.309 e. The van der Waals surface area contributed by atoms with Crippen molar-refractivity contribution in [1.29, 1.82) is 0 Å². The Hall–Kier alpha value is -0.380. The first-order chi connectivity index (χ1) is 8.29. The first-order valence-corrected chi connectivity index (χ1v) is 7.64. The van der Waals surface area contributed by atoms with Crippen molar-refractivity contribution in [2.75, 3.05) is 13.1 Å². The molecule has 0 radical (unpaired) electrons. The number of nitrogens with one attached hydrogen (secondary N) is 1. The maximum absolute atomic E-state index is 3.58. The second kappa shape index (κ2) is 5.09. The predicted octanol–water partition coefficient (Wildman–Crippen LogP) is 2.84. The first-order valence-electron chi connectivity index (χ1n) is 6.83. The van der Waals surface area contributed by atoms with Crippen LogP contribution in [0, 0.1) is 5.92 Å². The Kier molecular flexibility index (Phi) is 3.50. The van der Waals surface area contributed by atoms with E-state index in [0.29, 0.717) is 0 Å². The molecular formula is C14H22N2S. The van der Waals surface area contributed by atoms with Crippen molar-refractivity contribution in [2.24, 2.45) is 5.92 Å². The molecular weight excluding hydrogens is 228 g/mol. The molecule has 0 amide bonds. The zero-order valence-corrected chi connectivity index (χ0v) is 11.4. The Morgan fingerprint density at radius 2 is 2.12 bits per heavy atom. The molecule has 1 saturated carbocycles. The van der Waals surface area contributed by atoms with Gasteiger partial charge in [0.05, 0.1) is 0 Å². The molecule has 2 aliphatic rings. The Morgan fingerprint density at radius 3 is 2.82 bits per heavy atom. The van der Waals surface area contributed by atoms with Crippen LogP contribution < -0.4 is 5.32 Å². The molecule has 1 unspecified atom stereocenters. The van der Waals surface area contributed by atoms with Crippen molar-refractivity contribution >= 4 is 11.3 Å². The van der Waals surface area contributed by atoms with Crippen LogP contribution in [0.15, 0.2) is 12.1 Å². The topological polar surface area (TPSA) is 15.3 Å². The normalized spacial score (nSPS) is 25.6. The van der Waals surface area contributed by atoms with Gasteiger partial charge in [-0.25, -0.2) is 0 Å². The summed E-state index contributed by atoms with van der Waals surface area (Å²) >= 11 is 1.99. The standard InChI is InChI=1S/C14H22N2S/c1-11-6-7-16(9-11)10-14-5-4-13(17-14)8-15-12-2-3-12/h4-5,11-12,15H,2-3,6-10H2,1H3. The predicted molar refractivity (Wildman–Crippen MR) is 73.2 cm³/mol. The lowest BCUT2D eigenvalue weighted by Crippen LogP contribution is -2.18. The molecule has 3 rings (SSSR count). The van der Waals surface area contributed by atoms with Gasteiger partial charge >= 0.3 is 0 Å². The van der Waals surface area contributed by atoms with Gasteiger partial charge < -0.3 is 5.32 Å². The highest BCUT2D eigenvalue weighted by atomic mass is 32.1. The van der Waals surface area contributed by atoms with E-state index in [0.717, 1.165) is 18.5 Å². The van der Waals surface area contributed by atoms with Crippen molar-refractivity contribution in [1.82, 2.24) is 10.2 Å². The molecule has 1 aliphatic heterocycles. The van der Waals surface area contributed by atoms with Gasteiger partial charge in [0.1, 0.15) is 0 Å². The first kappa shape index (κ1) is 11.7. The Morgan fingerprint density at radius 1 is 1.29 bits per heavy atom. The van der Waals surface area contributed by atoms with Crippen LogP contribution in [0.5, 0.6) is 0 Å². The highest BCUT2D eigenvalue weighted by Gasteiger charge is 2.21. The van der Waals surface area contributed by atoms with Crippen LogP contribution in [0.3, 0.4) is 0 Å². The minimum Gasteiger partial charge on any atom is -0.309 e. The molecule has 1 aliphatic carbocycles. The lowest BCUT2D eigenvalue weighted by molar-refractivity contribution is 0.323. The second-order valence-corrected chi connectivity index (χ2v) is 6.91. The molecule has 1 saturated heterocycles. The van der Waals surface area contributed by atoms with Gasteiger partial charge in [0.2, 0.25) is 0 Å². The summed E-state index contributed by atoms with van der Waals surface area (Å²) in [6.07, 6.45) is 4.13. The number of hydrogen-bond acceptors (Lipinski definition) is 3. The molecule has 94 valence electrons. The summed E-state index contributed by atoms with van der Waals surface area (Å²) in [5.74, 6) is 0.894. The zero-order valence-electron chi connectivity index (χ0n) is 10.6. The van der Waals surface area contributed by atoms with Crippen molar-refractivity contribution in [2.45, 2.75) is 45.3 Å². The molecule has 2 heterocycles. The summed E-state index contributed by atoms with van der Waals surface area (Å²) in [5, 5.41) is 3.58. The lowest BCUT2D eigenvalue weighted by atomic mass is 10.2. The van der Waals surface area contributed by atoms with Gasteiger partial charge in [0.15, 0.2) is 0 Å². The average molecular weight is 250 g/mol. The summed E-state index contributed by atoms with van der Waals surface area (Å²) in [6.45, 7) is 7.17. The number of thiophene rings is 1. The van der Waals surface area contributed by atoms with Gasteiger partial charge in [-0.1, -0.05) is 6.92 Å². The van der Waals surface area contributed by atoms with E-state index in [-0.39, 0.29) is 0 Å². The van der Waals surface area contributed by atoms with E-state index in [4.69, 9.17) is 0 Å². The van der Waals surface area contributed by atoms with Gasteiger partial charge in [0, 0.05) is 35.4 Å². The van der Waals surface area contributed by atoms with E-state index < -0.39 is 0 Å². The Balaban J connectivity index is 1.49. The smallest absolute Gasteiger partial charge is 0.0328 e. The third-order valence-corrected chi connectivity index (χ3v) is 4.82. The van der Waals surface area contributed by atoms with Crippen LogP contribution in [0.2, 0.25) is 0 Å². The minimum atomic E-state index is 0.819. The monoisotopic (exact) mass is 250 g/mol. The highest BCUT2D eigenvalue weighted by Crippen LogP contribution is 2.24. The molecule has 17 heavy (non-hydrogen) atoms. The van der Waals surface area contributed by atoms with Crippen LogP contribution in [-0.2, 0) is 13.1 Å². The fraction of sp³-hybridized carbons (Fsp3) is 0.714. The summed E-state index contributed by atoms with van der Waals surface area (Å²) in [7, 11) is 0. The third-order valence-electron chi connectivity index (χ3n) is 3.75. The van der Waals surface area contributed by atoms with Gasteiger partial charge in [-0.15, -0.1) is 11.3 Å². The average Bonchev–Trinajstić information content (AvgIpc) is 2.90. The van der Waals surface area contributed by atoms with Gasteiger partial charge in [-0.3, -0.25) is 4.90 Å². The summed E-state index contributed by atoms with van der Waals surface area (Å²) in [5.41, 5.74) is 0. The van der Waals surface area contributed by atoms with Gasteiger partial charge in [0.25, 0.3) is 0 Å². The molecule has 1 atom stereocenters. The summed E-state index contributed by atoms with van der Waals surface area (Å²) in [4.78, 5) is 5.63. The zero-order chi connectivity index (χ0) is 11.7. The fourth-order valence-corrected chi connectivity index (χ4v) is 3.54. The number of likely N-dealkylation sites (tertiary alicyclic amines) is 1. The van der Waals surface area contributed by atoms with Crippen LogP contribution >= 0.6 is 11.3 Å². The van der Waals surface area contributed by atoms with E-state index in [1.54, 1.807) is 0 Å². The van der Waals surface area contributed by atoms with Crippen molar-refractivity contribution < 1.29 is 0 Å². The Bertz CT molecular complexity index is 370. The van der Waals surface area contributed by atoms with E-state index in [9.17, 15) is 0 Å². The number of rotatable bonds is 5. The third kappa shape index (κ3) is 3.30. The van der Waals surface area contributed by atoms with Crippen LogP contribution in [-0.4, -0.2) is 24.0 Å². The van der Waals surface area contributed by atoms with Crippen LogP contribution in [0.1, 0.15) is 35.9 Å². The highest BCUT2D eigenvalue weighted by molar-refractivity contribution is 7.11. The van der Waals surface area contributed by atoms with Crippen LogP contribution in [0.4, 0.5) is 0 Å². The van der Waals surface area contributed by atoms with Crippen molar-refractivity contribution in [3.63, 3.8) is 0 Å². The van der Waals surface area contributed by atoms with Gasteiger partial charge in [-0.05, 0) is 43.9 Å². The molecule has 0 spiro atoms. The van der Waals surface area contributed by atoms with E-state index in [2.05, 4.69) is 29.3 Å². The lowest BCUT2D eigenvalue weighted by Gasteiger charge is -2.13. The van der Waals surface area contributed by atoms with E-state index in [1.165, 1.54) is 48.7 Å². The maximum Gasteiger partial charge on any atom is 0.0328 e. The molecule has 3 heteroatoms. The number of hydrogen-bond donors (Lipinski definition) is 1. The molecule has 0 aromatic carbocycles. The van der Waals surface area contributed by atoms with Crippen molar-refractivity contribution in [3.8, 4) is 0 Å². The summed E-state index contributed by atoms with van der Waals surface area (Å²) in [6, 6.07) is 5.44. The molecule has 2 nitrogen and oxygen atoms in total. The second-order valence-electron chi connectivity index (χ2n) is 5.65.